The van der Waals surface area contributed by atoms with Crippen LogP contribution >= 0.6 is 0 Å². The Morgan fingerprint density at radius 2 is 1.03 bits per heavy atom. The maximum Gasteiger partial charge on any atom is 0.332 e. The Morgan fingerprint density at radius 3 is 1.30 bits per heavy atom. The van der Waals surface area contributed by atoms with E-state index in [1.807, 2.05) is 0 Å². The van der Waals surface area contributed by atoms with Gasteiger partial charge < -0.3 is 9.47 Å². The minimum absolute atomic E-state index is 0.254. The highest BCUT2D eigenvalue weighted by molar-refractivity contribution is 5.91. The summed E-state index contributed by atoms with van der Waals surface area (Å²) < 4.78 is 10.7. The topological polar surface area (TPSA) is 59.1 Å². The molecule has 0 bridgehead atoms. The second-order valence-corrected chi connectivity index (χ2v) is 7.84. The summed E-state index contributed by atoms with van der Waals surface area (Å²) in [6.45, 7) is 15.2. The van der Waals surface area contributed by atoms with Crippen LogP contribution in [0.1, 0.15) is 92.9 Å². The highest BCUT2D eigenvalue weighted by Crippen LogP contribution is 2.13. The van der Waals surface area contributed by atoms with E-state index in [9.17, 15) is 9.59 Å². The van der Waals surface area contributed by atoms with Gasteiger partial charge in [-0.2, -0.15) is 0 Å². The van der Waals surface area contributed by atoms with Crippen LogP contribution in [-0.4, -0.2) is 60.4 Å². The summed E-state index contributed by atoms with van der Waals surface area (Å²) in [4.78, 5) is 28.5. The molecule has 0 aromatic heterocycles. The van der Waals surface area contributed by atoms with E-state index in [1.165, 1.54) is 12.2 Å². The summed E-state index contributed by atoms with van der Waals surface area (Å²) in [6, 6.07) is 0.826. The third-order valence-electron chi connectivity index (χ3n) is 5.34. The zero-order chi connectivity index (χ0) is 22.8. The Morgan fingerprint density at radius 1 is 0.667 bits per heavy atom. The maximum atomic E-state index is 12.1. The fourth-order valence-corrected chi connectivity index (χ4v) is 3.76. The first kappa shape index (κ1) is 28.6. The lowest BCUT2D eigenvalue weighted by atomic mass is 10.1. The van der Waals surface area contributed by atoms with E-state index in [2.05, 4.69) is 51.3 Å². The molecule has 0 spiro atoms. The van der Waals surface area contributed by atoms with Crippen molar-refractivity contribution in [1.29, 1.82) is 0 Å². The van der Waals surface area contributed by atoms with Gasteiger partial charge in [-0.25, -0.2) is 9.59 Å². The van der Waals surface area contributed by atoms with Crippen LogP contribution in [0.15, 0.2) is 12.2 Å². The van der Waals surface area contributed by atoms with Crippen molar-refractivity contribution in [1.82, 2.24) is 9.80 Å². The van der Waals surface area contributed by atoms with E-state index in [4.69, 9.17) is 9.47 Å². The van der Waals surface area contributed by atoms with Gasteiger partial charge in [-0.05, 0) is 38.5 Å². The van der Waals surface area contributed by atoms with Gasteiger partial charge in [-0.1, -0.05) is 54.4 Å². The Balaban J connectivity index is 4.58. The number of carbonyl (C=O) groups excluding carboxylic acids is 2. The SMILES string of the molecule is CCCC(CC)N(CCC)COC(=O)/C=C\C(=O)OCN(CCC)C(CC)CCC. The van der Waals surface area contributed by atoms with Crippen LogP contribution in [-0.2, 0) is 19.1 Å². The van der Waals surface area contributed by atoms with E-state index in [1.54, 1.807) is 0 Å². The number of carbonyl (C=O) groups is 2. The summed E-state index contributed by atoms with van der Waals surface area (Å²) in [7, 11) is 0. The van der Waals surface area contributed by atoms with Gasteiger partial charge in [-0.15, -0.1) is 0 Å². The standard InChI is InChI=1S/C24H46N2O4/c1-7-13-21(11-5)25(17-9-3)19-29-23(27)15-16-24(28)30-20-26(18-10-4)22(12-6)14-8-2/h15-16,21-22H,7-14,17-20H2,1-6H3/b16-15-. The molecule has 0 heterocycles. The normalized spacial score (nSPS) is 13.7. The van der Waals surface area contributed by atoms with Crippen LogP contribution < -0.4 is 0 Å². The predicted octanol–water partition coefficient (Wildman–Crippen LogP) is 5.13. The van der Waals surface area contributed by atoms with Gasteiger partial charge in [0.2, 0.25) is 0 Å². The number of nitrogens with zero attached hydrogens (tertiary/aromatic N) is 2. The van der Waals surface area contributed by atoms with E-state index < -0.39 is 11.9 Å². The highest BCUT2D eigenvalue weighted by atomic mass is 16.5. The molecule has 30 heavy (non-hydrogen) atoms. The average Bonchev–Trinajstić information content (AvgIpc) is 2.75. The average molecular weight is 427 g/mol. The van der Waals surface area contributed by atoms with Crippen molar-refractivity contribution >= 4 is 11.9 Å². The highest BCUT2D eigenvalue weighted by Gasteiger charge is 2.18. The molecule has 0 aromatic rings. The minimum atomic E-state index is -0.512. The molecule has 0 rings (SSSR count). The third-order valence-corrected chi connectivity index (χ3v) is 5.34. The molecule has 0 aliphatic heterocycles. The molecule has 6 heteroatoms. The second kappa shape index (κ2) is 18.4. The zero-order valence-electron chi connectivity index (χ0n) is 20.3. The molecular formula is C24H46N2O4. The van der Waals surface area contributed by atoms with Crippen molar-refractivity contribution in [3.05, 3.63) is 12.2 Å². The Bertz CT molecular complexity index is 440. The van der Waals surface area contributed by atoms with Crippen LogP contribution in [0.4, 0.5) is 0 Å². The number of esters is 2. The molecule has 0 aromatic carbocycles. The maximum absolute atomic E-state index is 12.1. The molecular weight excluding hydrogens is 380 g/mol. The Hall–Kier alpha value is -1.40. The molecule has 0 saturated heterocycles. The fourth-order valence-electron chi connectivity index (χ4n) is 3.76. The van der Waals surface area contributed by atoms with Gasteiger partial charge >= 0.3 is 11.9 Å². The summed E-state index contributed by atoms with van der Waals surface area (Å²) in [6.07, 6.45) is 10.8. The lowest BCUT2D eigenvalue weighted by Gasteiger charge is -2.30. The third kappa shape index (κ3) is 12.3. The molecule has 0 N–H and O–H groups in total. The first-order chi connectivity index (χ1) is 14.5. The number of hydrogen-bond acceptors (Lipinski definition) is 6. The predicted molar refractivity (Wildman–Crippen MR) is 123 cm³/mol. The molecule has 0 amide bonds. The van der Waals surface area contributed by atoms with Gasteiger partial charge in [0.15, 0.2) is 0 Å². The van der Waals surface area contributed by atoms with Crippen LogP contribution in [0.2, 0.25) is 0 Å². The first-order valence-electron chi connectivity index (χ1n) is 12.0. The van der Waals surface area contributed by atoms with Crippen molar-refractivity contribution in [3.63, 3.8) is 0 Å². The largest absolute Gasteiger partial charge is 0.446 e. The van der Waals surface area contributed by atoms with Crippen LogP contribution in [0.5, 0.6) is 0 Å². The van der Waals surface area contributed by atoms with Gasteiger partial charge in [0.05, 0.1) is 0 Å². The van der Waals surface area contributed by atoms with Crippen LogP contribution in [0.3, 0.4) is 0 Å². The summed E-state index contributed by atoms with van der Waals surface area (Å²) in [5.41, 5.74) is 0. The molecule has 0 aliphatic rings. The molecule has 0 aliphatic carbocycles. The fraction of sp³-hybridized carbons (Fsp3) is 0.833. The van der Waals surface area contributed by atoms with Crippen molar-refractivity contribution < 1.29 is 19.1 Å². The lowest BCUT2D eigenvalue weighted by molar-refractivity contribution is -0.146. The van der Waals surface area contributed by atoms with E-state index in [0.717, 1.165) is 64.5 Å². The first-order valence-corrected chi connectivity index (χ1v) is 12.0. The van der Waals surface area contributed by atoms with Gasteiger partial charge in [-0.3, -0.25) is 9.80 Å². The van der Waals surface area contributed by atoms with Crippen molar-refractivity contribution in [2.75, 3.05) is 26.6 Å². The molecule has 0 fully saturated rings. The number of ether oxygens (including phenoxy) is 2. The van der Waals surface area contributed by atoms with Crippen molar-refractivity contribution in [3.8, 4) is 0 Å². The Labute approximate surface area is 185 Å². The monoisotopic (exact) mass is 426 g/mol. The van der Waals surface area contributed by atoms with Gasteiger partial charge in [0.25, 0.3) is 0 Å². The van der Waals surface area contributed by atoms with Crippen molar-refractivity contribution in [2.24, 2.45) is 0 Å². The zero-order valence-corrected chi connectivity index (χ0v) is 20.3. The van der Waals surface area contributed by atoms with E-state index >= 15 is 0 Å². The second-order valence-electron chi connectivity index (χ2n) is 7.84. The smallest absolute Gasteiger partial charge is 0.332 e. The van der Waals surface area contributed by atoms with Crippen LogP contribution in [0.25, 0.3) is 0 Å². The lowest BCUT2D eigenvalue weighted by Crippen LogP contribution is -2.38. The summed E-state index contributed by atoms with van der Waals surface area (Å²) in [5, 5.41) is 0. The van der Waals surface area contributed by atoms with Crippen LogP contribution in [0, 0.1) is 0 Å². The molecule has 0 radical (unpaired) electrons. The number of rotatable bonds is 18. The summed E-state index contributed by atoms with van der Waals surface area (Å²) in [5.74, 6) is -1.02. The van der Waals surface area contributed by atoms with Gasteiger partial charge in [0, 0.05) is 37.3 Å². The molecule has 6 nitrogen and oxygen atoms in total. The molecule has 2 unspecified atom stereocenters. The molecule has 2 atom stereocenters. The minimum Gasteiger partial charge on any atom is -0.446 e. The van der Waals surface area contributed by atoms with Gasteiger partial charge in [0.1, 0.15) is 13.5 Å². The Kier molecular flexibility index (Phi) is 17.5. The summed E-state index contributed by atoms with van der Waals surface area (Å²) >= 11 is 0. The van der Waals surface area contributed by atoms with E-state index in [-0.39, 0.29) is 13.5 Å². The van der Waals surface area contributed by atoms with Crippen molar-refractivity contribution in [2.45, 2.75) is 105 Å². The van der Waals surface area contributed by atoms with E-state index in [0.29, 0.717) is 12.1 Å². The quantitative estimate of drug-likeness (QED) is 0.172. The molecule has 176 valence electrons. The number of hydrogen-bond donors (Lipinski definition) is 0. The molecule has 0 saturated carbocycles.